The second-order valence-corrected chi connectivity index (χ2v) is 8.04. The third-order valence-electron chi connectivity index (χ3n) is 4.20. The summed E-state index contributed by atoms with van der Waals surface area (Å²) in [5.41, 5.74) is 3.19. The smallest absolute Gasteiger partial charge is 0.224 e. The molecular weight excluding hydrogens is 386 g/mol. The average molecular weight is 410 g/mol. The monoisotopic (exact) mass is 409 g/mol. The lowest BCUT2D eigenvalue weighted by molar-refractivity contribution is -0.116. The van der Waals surface area contributed by atoms with Crippen LogP contribution in [0.1, 0.15) is 36.2 Å². The molecule has 1 heterocycles. The van der Waals surface area contributed by atoms with E-state index in [0.717, 1.165) is 11.3 Å². The Morgan fingerprint density at radius 1 is 1.10 bits per heavy atom. The number of hydrogen-bond donors (Lipinski definition) is 1. The first-order chi connectivity index (χ1) is 13.9. The molecule has 0 bridgehead atoms. The van der Waals surface area contributed by atoms with Gasteiger partial charge in [-0.25, -0.2) is 0 Å². The minimum Gasteiger partial charge on any atom is -0.326 e. The fraction of sp³-hybridized carbons (Fsp3) is 0.286. The molecule has 1 amide bonds. The van der Waals surface area contributed by atoms with Gasteiger partial charge in [-0.15, -0.1) is 5.10 Å². The third kappa shape index (κ3) is 5.51. The van der Waals surface area contributed by atoms with E-state index in [1.807, 2.05) is 45.0 Å². The fourth-order valence-electron chi connectivity index (χ4n) is 2.76. The Bertz CT molecular complexity index is 998. The summed E-state index contributed by atoms with van der Waals surface area (Å²) in [6, 6.07) is 14.7. The molecule has 0 atom stereocenters. The summed E-state index contributed by atoms with van der Waals surface area (Å²) in [6.45, 7) is 5.97. The molecule has 3 aromatic rings. The summed E-state index contributed by atoms with van der Waals surface area (Å²) in [5.74, 6) is 0.446. The Kier molecular flexibility index (Phi) is 6.77. The van der Waals surface area contributed by atoms with Crippen LogP contribution >= 0.6 is 11.8 Å². The minimum absolute atomic E-state index is 0.0299. The number of thioether (sulfide) groups is 1. The lowest BCUT2D eigenvalue weighted by Crippen LogP contribution is -2.14. The van der Waals surface area contributed by atoms with E-state index >= 15 is 0 Å². The highest BCUT2D eigenvalue weighted by Gasteiger charge is 2.14. The van der Waals surface area contributed by atoms with Gasteiger partial charge in [0, 0.05) is 17.7 Å². The number of nitrogens with one attached hydrogen (secondary N) is 1. The van der Waals surface area contributed by atoms with Crippen LogP contribution in [0.25, 0.3) is 5.69 Å². The van der Waals surface area contributed by atoms with Gasteiger partial charge in [0.1, 0.15) is 0 Å². The SMILES string of the molecule is Cc1ccccc1-n1nnnc1SCC(=O)c1ccc(NC(=O)CC(C)C)cc1. The lowest BCUT2D eigenvalue weighted by Gasteiger charge is -2.08. The second kappa shape index (κ2) is 9.47. The van der Waals surface area contributed by atoms with E-state index in [2.05, 4.69) is 20.8 Å². The molecule has 29 heavy (non-hydrogen) atoms. The summed E-state index contributed by atoms with van der Waals surface area (Å²) >= 11 is 1.29. The number of ketones is 1. The number of carbonyl (C=O) groups excluding carboxylic acids is 2. The molecule has 0 aliphatic rings. The molecule has 0 unspecified atom stereocenters. The van der Waals surface area contributed by atoms with Crippen LogP contribution in [0.2, 0.25) is 0 Å². The molecule has 0 saturated heterocycles. The highest BCUT2D eigenvalue weighted by Crippen LogP contribution is 2.22. The highest BCUT2D eigenvalue weighted by atomic mass is 32.2. The van der Waals surface area contributed by atoms with Gasteiger partial charge in [-0.3, -0.25) is 9.59 Å². The number of para-hydroxylation sites is 1. The minimum atomic E-state index is -0.0330. The van der Waals surface area contributed by atoms with Gasteiger partial charge in [0.25, 0.3) is 0 Å². The van der Waals surface area contributed by atoms with Crippen molar-refractivity contribution in [2.24, 2.45) is 5.92 Å². The Balaban J connectivity index is 1.61. The van der Waals surface area contributed by atoms with Crippen molar-refractivity contribution in [2.45, 2.75) is 32.3 Å². The number of aryl methyl sites for hydroxylation is 1. The van der Waals surface area contributed by atoms with Crippen molar-refractivity contribution >= 4 is 29.1 Å². The van der Waals surface area contributed by atoms with Gasteiger partial charge in [-0.05, 0) is 59.2 Å². The lowest BCUT2D eigenvalue weighted by atomic mass is 10.1. The van der Waals surface area contributed by atoms with E-state index in [4.69, 9.17) is 0 Å². The van der Waals surface area contributed by atoms with Crippen LogP contribution in [0.4, 0.5) is 5.69 Å². The summed E-state index contributed by atoms with van der Waals surface area (Å²) in [7, 11) is 0. The largest absolute Gasteiger partial charge is 0.326 e. The van der Waals surface area contributed by atoms with Gasteiger partial charge >= 0.3 is 0 Å². The van der Waals surface area contributed by atoms with Crippen molar-refractivity contribution < 1.29 is 9.59 Å². The number of carbonyl (C=O) groups is 2. The number of amides is 1. The first-order valence-electron chi connectivity index (χ1n) is 9.34. The second-order valence-electron chi connectivity index (χ2n) is 7.10. The van der Waals surface area contributed by atoms with Crippen molar-refractivity contribution in [3.63, 3.8) is 0 Å². The Hall–Kier alpha value is -3.00. The average Bonchev–Trinajstić information content (AvgIpc) is 3.14. The van der Waals surface area contributed by atoms with Crippen molar-refractivity contribution in [1.29, 1.82) is 0 Å². The van der Waals surface area contributed by atoms with E-state index in [9.17, 15) is 9.59 Å². The van der Waals surface area contributed by atoms with E-state index < -0.39 is 0 Å². The number of tetrazole rings is 1. The maximum atomic E-state index is 12.5. The number of rotatable bonds is 8. The van der Waals surface area contributed by atoms with E-state index in [0.29, 0.717) is 28.7 Å². The Morgan fingerprint density at radius 2 is 1.83 bits per heavy atom. The number of Topliss-reactive ketones (excluding diaryl/α,β-unsaturated/α-hetero) is 1. The highest BCUT2D eigenvalue weighted by molar-refractivity contribution is 7.99. The van der Waals surface area contributed by atoms with Crippen LogP contribution in [-0.2, 0) is 4.79 Å². The molecule has 0 radical (unpaired) electrons. The van der Waals surface area contributed by atoms with Gasteiger partial charge in [0.05, 0.1) is 11.4 Å². The number of aromatic nitrogens is 4. The molecule has 2 aromatic carbocycles. The number of anilines is 1. The molecule has 0 saturated carbocycles. The summed E-state index contributed by atoms with van der Waals surface area (Å²) < 4.78 is 1.64. The molecule has 1 aromatic heterocycles. The van der Waals surface area contributed by atoms with Crippen LogP contribution < -0.4 is 5.32 Å². The first-order valence-corrected chi connectivity index (χ1v) is 10.3. The van der Waals surface area contributed by atoms with E-state index in [1.54, 1.807) is 28.9 Å². The van der Waals surface area contributed by atoms with Crippen LogP contribution in [0.5, 0.6) is 0 Å². The zero-order valence-electron chi connectivity index (χ0n) is 16.6. The molecule has 1 N–H and O–H groups in total. The quantitative estimate of drug-likeness (QED) is 0.448. The molecule has 3 rings (SSSR count). The number of hydrogen-bond acceptors (Lipinski definition) is 6. The van der Waals surface area contributed by atoms with Crippen LogP contribution in [0, 0.1) is 12.8 Å². The molecule has 7 nitrogen and oxygen atoms in total. The van der Waals surface area contributed by atoms with E-state index in [-0.39, 0.29) is 17.4 Å². The van der Waals surface area contributed by atoms with Gasteiger partial charge in [0.15, 0.2) is 5.78 Å². The van der Waals surface area contributed by atoms with Crippen LogP contribution in [0.3, 0.4) is 0 Å². The van der Waals surface area contributed by atoms with Crippen molar-refractivity contribution in [1.82, 2.24) is 20.2 Å². The summed E-state index contributed by atoms with van der Waals surface area (Å²) in [4.78, 5) is 24.4. The van der Waals surface area contributed by atoms with Crippen molar-refractivity contribution in [2.75, 3.05) is 11.1 Å². The normalized spacial score (nSPS) is 10.9. The topological polar surface area (TPSA) is 89.8 Å². The molecule has 150 valence electrons. The Morgan fingerprint density at radius 3 is 2.52 bits per heavy atom. The molecule has 0 fully saturated rings. The predicted molar refractivity (Wildman–Crippen MR) is 113 cm³/mol. The molecule has 0 aliphatic carbocycles. The number of nitrogens with zero attached hydrogens (tertiary/aromatic N) is 4. The van der Waals surface area contributed by atoms with Gasteiger partial charge in [0.2, 0.25) is 11.1 Å². The van der Waals surface area contributed by atoms with Crippen molar-refractivity contribution in [3.05, 3.63) is 59.7 Å². The van der Waals surface area contributed by atoms with Gasteiger partial charge < -0.3 is 5.32 Å². The van der Waals surface area contributed by atoms with Crippen molar-refractivity contribution in [3.8, 4) is 5.69 Å². The zero-order valence-corrected chi connectivity index (χ0v) is 17.4. The predicted octanol–water partition coefficient (Wildman–Crippen LogP) is 3.93. The zero-order chi connectivity index (χ0) is 20.8. The fourth-order valence-corrected chi connectivity index (χ4v) is 3.54. The first kappa shape index (κ1) is 20.7. The van der Waals surface area contributed by atoms with Gasteiger partial charge in [-0.1, -0.05) is 43.8 Å². The summed E-state index contributed by atoms with van der Waals surface area (Å²) in [6.07, 6.45) is 0.465. The van der Waals surface area contributed by atoms with Crippen LogP contribution in [0.15, 0.2) is 53.7 Å². The van der Waals surface area contributed by atoms with E-state index in [1.165, 1.54) is 11.8 Å². The maximum absolute atomic E-state index is 12.5. The van der Waals surface area contributed by atoms with Crippen LogP contribution in [-0.4, -0.2) is 37.7 Å². The number of benzene rings is 2. The molecule has 8 heteroatoms. The molecular formula is C21H23N5O2S. The molecule has 0 spiro atoms. The standard InChI is InChI=1S/C21H23N5O2S/c1-14(2)12-20(28)22-17-10-8-16(9-11-17)19(27)13-29-21-23-24-25-26(21)18-7-5-4-6-15(18)3/h4-11,14H,12-13H2,1-3H3,(H,22,28). The molecule has 0 aliphatic heterocycles. The Labute approximate surface area is 173 Å². The third-order valence-corrected chi connectivity index (χ3v) is 5.12. The maximum Gasteiger partial charge on any atom is 0.224 e. The summed E-state index contributed by atoms with van der Waals surface area (Å²) in [5, 5.41) is 15.2. The van der Waals surface area contributed by atoms with Gasteiger partial charge in [-0.2, -0.15) is 4.68 Å².